The van der Waals surface area contributed by atoms with E-state index in [0.29, 0.717) is 4.77 Å². The normalized spacial score (nSPS) is 10.1. The molecule has 62 valence electrons. The molecule has 0 saturated heterocycles. The van der Waals surface area contributed by atoms with Crippen LogP contribution in [0.1, 0.15) is 6.92 Å². The molecule has 1 aromatic heterocycles. The van der Waals surface area contributed by atoms with Gasteiger partial charge in [-0.15, -0.1) is 5.10 Å². The van der Waals surface area contributed by atoms with Crippen LogP contribution in [0, 0.1) is 4.77 Å². The Hall–Kier alpha value is -0.840. The van der Waals surface area contributed by atoms with Gasteiger partial charge in [-0.25, -0.2) is 5.10 Å². The molecule has 0 aliphatic carbocycles. The fourth-order valence-corrected chi connectivity index (χ4v) is 0.949. The van der Waals surface area contributed by atoms with Crippen molar-refractivity contribution >= 4 is 18.2 Å². The Labute approximate surface area is 70.8 Å². The van der Waals surface area contributed by atoms with Gasteiger partial charge in [0.1, 0.15) is 0 Å². The van der Waals surface area contributed by atoms with Crippen LogP contribution in [-0.2, 0) is 7.05 Å². The molecular formula is C6H12N4S. The maximum Gasteiger partial charge on any atom is 0.225 e. The van der Waals surface area contributed by atoms with Gasteiger partial charge >= 0.3 is 0 Å². The number of anilines is 1. The van der Waals surface area contributed by atoms with Crippen molar-refractivity contribution in [3.8, 4) is 0 Å². The van der Waals surface area contributed by atoms with Crippen molar-refractivity contribution in [3.63, 3.8) is 0 Å². The predicted molar refractivity (Wildman–Crippen MR) is 47.3 cm³/mol. The number of aromatic nitrogens is 3. The minimum Gasteiger partial charge on any atom is -0.344 e. The largest absolute Gasteiger partial charge is 0.344 e. The van der Waals surface area contributed by atoms with Crippen LogP contribution in [0.15, 0.2) is 0 Å². The highest BCUT2D eigenvalue weighted by Crippen LogP contribution is 2.05. The molecule has 4 nitrogen and oxygen atoms in total. The van der Waals surface area contributed by atoms with Crippen LogP contribution in [-0.4, -0.2) is 28.4 Å². The molecular weight excluding hydrogens is 160 g/mol. The maximum atomic E-state index is 4.96. The van der Waals surface area contributed by atoms with Crippen LogP contribution in [0.4, 0.5) is 5.95 Å². The monoisotopic (exact) mass is 172 g/mol. The van der Waals surface area contributed by atoms with Crippen LogP contribution in [0.5, 0.6) is 0 Å². The smallest absolute Gasteiger partial charge is 0.225 e. The zero-order valence-corrected chi connectivity index (χ0v) is 7.77. The van der Waals surface area contributed by atoms with E-state index in [2.05, 4.69) is 17.1 Å². The predicted octanol–water partition coefficient (Wildman–Crippen LogP) is 0.934. The number of hydrogen-bond donors (Lipinski definition) is 1. The van der Waals surface area contributed by atoms with Gasteiger partial charge in [0, 0.05) is 20.6 Å². The molecule has 5 heteroatoms. The van der Waals surface area contributed by atoms with Gasteiger partial charge in [0.15, 0.2) is 4.77 Å². The lowest BCUT2D eigenvalue weighted by atomic mass is 10.6. The fraction of sp³-hybridized carbons (Fsp3) is 0.667. The average Bonchev–Trinajstić information content (AvgIpc) is 2.32. The Morgan fingerprint density at radius 1 is 1.73 bits per heavy atom. The second kappa shape index (κ2) is 3.04. The first-order valence-corrected chi connectivity index (χ1v) is 3.90. The molecule has 0 radical (unpaired) electrons. The van der Waals surface area contributed by atoms with Crippen molar-refractivity contribution < 1.29 is 0 Å². The van der Waals surface area contributed by atoms with Crippen molar-refractivity contribution in [1.82, 2.24) is 14.8 Å². The summed E-state index contributed by atoms with van der Waals surface area (Å²) < 4.78 is 2.50. The van der Waals surface area contributed by atoms with E-state index in [1.807, 2.05) is 23.6 Å². The number of H-pyrrole nitrogens is 1. The number of rotatable bonds is 2. The lowest BCUT2D eigenvalue weighted by Gasteiger charge is -2.13. The molecule has 1 N–H and O–H groups in total. The molecule has 0 aromatic carbocycles. The highest BCUT2D eigenvalue weighted by Gasteiger charge is 2.04. The Bertz CT molecular complexity index is 287. The molecule has 0 amide bonds. The van der Waals surface area contributed by atoms with Gasteiger partial charge in [-0.3, -0.25) is 4.57 Å². The molecule has 1 rings (SSSR count). The van der Waals surface area contributed by atoms with Crippen LogP contribution in [0.2, 0.25) is 0 Å². The van der Waals surface area contributed by atoms with Crippen molar-refractivity contribution in [1.29, 1.82) is 0 Å². The molecule has 0 aliphatic rings. The SMILES string of the molecule is CCN(C)c1n[nH]c(=S)n1C. The second-order valence-electron chi connectivity index (χ2n) is 2.40. The zero-order valence-electron chi connectivity index (χ0n) is 6.96. The van der Waals surface area contributed by atoms with Gasteiger partial charge < -0.3 is 4.90 Å². The summed E-state index contributed by atoms with van der Waals surface area (Å²) in [6, 6.07) is 0. The van der Waals surface area contributed by atoms with Crippen molar-refractivity contribution in [2.75, 3.05) is 18.5 Å². The highest BCUT2D eigenvalue weighted by molar-refractivity contribution is 7.71. The molecule has 0 aliphatic heterocycles. The third-order valence-electron chi connectivity index (χ3n) is 1.67. The number of hydrogen-bond acceptors (Lipinski definition) is 3. The summed E-state index contributed by atoms with van der Waals surface area (Å²) in [6.07, 6.45) is 0. The van der Waals surface area contributed by atoms with Crippen LogP contribution in [0.3, 0.4) is 0 Å². The molecule has 0 bridgehead atoms. The lowest BCUT2D eigenvalue weighted by molar-refractivity contribution is 0.819. The first kappa shape index (κ1) is 8.26. The molecule has 0 atom stereocenters. The quantitative estimate of drug-likeness (QED) is 0.674. The summed E-state index contributed by atoms with van der Waals surface area (Å²) in [5.41, 5.74) is 0. The zero-order chi connectivity index (χ0) is 8.43. The Morgan fingerprint density at radius 3 is 2.73 bits per heavy atom. The second-order valence-corrected chi connectivity index (χ2v) is 2.79. The summed E-state index contributed by atoms with van der Waals surface area (Å²) in [7, 11) is 3.87. The molecule has 1 heterocycles. The molecule has 1 aromatic rings. The van der Waals surface area contributed by atoms with E-state index in [9.17, 15) is 0 Å². The number of aromatic amines is 1. The number of nitrogens with one attached hydrogen (secondary N) is 1. The number of nitrogens with zero attached hydrogens (tertiary/aromatic N) is 3. The summed E-state index contributed by atoms with van der Waals surface area (Å²) in [4.78, 5) is 2.02. The Kier molecular flexibility index (Phi) is 2.28. The van der Waals surface area contributed by atoms with E-state index in [1.54, 1.807) is 0 Å². The van der Waals surface area contributed by atoms with Gasteiger partial charge in [0.2, 0.25) is 5.95 Å². The van der Waals surface area contributed by atoms with E-state index in [1.165, 1.54) is 0 Å². The lowest BCUT2D eigenvalue weighted by Crippen LogP contribution is -2.19. The van der Waals surface area contributed by atoms with Gasteiger partial charge in [-0.1, -0.05) is 0 Å². The molecule has 0 fully saturated rings. The Balaban J connectivity index is 3.04. The molecule has 0 saturated carbocycles. The van der Waals surface area contributed by atoms with E-state index in [-0.39, 0.29) is 0 Å². The van der Waals surface area contributed by atoms with E-state index in [0.717, 1.165) is 12.5 Å². The third kappa shape index (κ3) is 1.42. The van der Waals surface area contributed by atoms with E-state index < -0.39 is 0 Å². The standard InChI is InChI=1S/C6H12N4S/c1-4-9(2)5-7-8-6(11)10(5)3/h4H2,1-3H3,(H,8,11). The van der Waals surface area contributed by atoms with Crippen molar-refractivity contribution in [2.45, 2.75) is 6.92 Å². The fourth-order valence-electron chi connectivity index (χ4n) is 0.821. The van der Waals surface area contributed by atoms with Gasteiger partial charge in [0.05, 0.1) is 0 Å². The molecule has 0 spiro atoms. The molecule has 11 heavy (non-hydrogen) atoms. The van der Waals surface area contributed by atoms with Crippen molar-refractivity contribution in [3.05, 3.63) is 4.77 Å². The van der Waals surface area contributed by atoms with Crippen LogP contribution in [0.25, 0.3) is 0 Å². The van der Waals surface area contributed by atoms with Crippen LogP contribution >= 0.6 is 12.2 Å². The maximum absolute atomic E-state index is 4.96. The third-order valence-corrected chi connectivity index (χ3v) is 2.04. The van der Waals surface area contributed by atoms with E-state index >= 15 is 0 Å². The average molecular weight is 172 g/mol. The first-order chi connectivity index (χ1) is 5.16. The summed E-state index contributed by atoms with van der Waals surface area (Å²) in [5.74, 6) is 0.873. The Morgan fingerprint density at radius 2 is 2.36 bits per heavy atom. The molecule has 0 unspecified atom stereocenters. The summed E-state index contributed by atoms with van der Waals surface area (Å²) >= 11 is 4.96. The highest BCUT2D eigenvalue weighted by atomic mass is 32.1. The van der Waals surface area contributed by atoms with Crippen molar-refractivity contribution in [2.24, 2.45) is 7.05 Å². The van der Waals surface area contributed by atoms with Gasteiger partial charge in [-0.05, 0) is 19.1 Å². The van der Waals surface area contributed by atoms with Crippen LogP contribution < -0.4 is 4.90 Å². The summed E-state index contributed by atoms with van der Waals surface area (Å²) in [5, 5.41) is 6.78. The topological polar surface area (TPSA) is 36.9 Å². The summed E-state index contributed by atoms with van der Waals surface area (Å²) in [6.45, 7) is 2.99. The first-order valence-electron chi connectivity index (χ1n) is 3.49. The van der Waals surface area contributed by atoms with Gasteiger partial charge in [-0.2, -0.15) is 0 Å². The van der Waals surface area contributed by atoms with Gasteiger partial charge in [0.25, 0.3) is 0 Å². The minimum atomic E-state index is 0.653. The van der Waals surface area contributed by atoms with E-state index in [4.69, 9.17) is 12.2 Å². The minimum absolute atomic E-state index is 0.653.